The van der Waals surface area contributed by atoms with Gasteiger partial charge in [-0.3, -0.25) is 4.98 Å². The van der Waals surface area contributed by atoms with Crippen LogP contribution in [0.1, 0.15) is 67.5 Å². The molecule has 4 N–H and O–H groups in total. The molecule has 1 aliphatic heterocycles. The quantitative estimate of drug-likeness (QED) is 0.544. The second kappa shape index (κ2) is 10.0. The highest BCUT2D eigenvalue weighted by molar-refractivity contribution is 7.87. The van der Waals surface area contributed by atoms with Gasteiger partial charge in [0.25, 0.3) is 10.2 Å². The summed E-state index contributed by atoms with van der Waals surface area (Å²) < 4.78 is 26.7. The number of benzene rings is 1. The van der Waals surface area contributed by atoms with Crippen LogP contribution >= 0.6 is 0 Å². The smallest absolute Gasteiger partial charge is 0.274 e. The van der Waals surface area contributed by atoms with E-state index in [4.69, 9.17) is 5.14 Å². The molecule has 2 heterocycles. The number of rotatable bonds is 6. The Labute approximate surface area is 204 Å². The molecule has 1 saturated heterocycles. The van der Waals surface area contributed by atoms with Gasteiger partial charge < -0.3 is 10.0 Å². The average Bonchev–Trinajstić information content (AvgIpc) is 2.91. The summed E-state index contributed by atoms with van der Waals surface area (Å²) in [5.41, 5.74) is 3.77. The van der Waals surface area contributed by atoms with E-state index >= 15 is 0 Å². The lowest BCUT2D eigenvalue weighted by Crippen LogP contribution is -2.58. The van der Waals surface area contributed by atoms with Gasteiger partial charge in [-0.05, 0) is 93.5 Å². The predicted octanol–water partition coefficient (Wildman–Crippen LogP) is 3.05. The number of piperidine rings is 1. The molecule has 0 spiro atoms. The standard InChI is InChI=1S/C26H38N4O3S/c1-18-7-4-5-9-21(18)22-12-14-30(17-23(22)26(2,3)29-34(27,32)33)16-19-10-11-20-8-6-13-28-25(20)24(31)15-19/h4-9,13,19,22-24,29,31H,10-12,14-17H2,1-3H3,(H2,27,32,33)/t19-,22?,23?,24+/m1/s1. The number of aromatic nitrogens is 1. The second-order valence-corrected chi connectivity index (χ2v) is 12.0. The molecule has 0 saturated carbocycles. The Hall–Kier alpha value is -1.84. The molecule has 2 aliphatic rings. The third-order valence-electron chi connectivity index (χ3n) is 7.75. The van der Waals surface area contributed by atoms with Crippen LogP contribution < -0.4 is 9.86 Å². The van der Waals surface area contributed by atoms with Gasteiger partial charge in [-0.2, -0.15) is 13.1 Å². The Morgan fingerprint density at radius 3 is 2.71 bits per heavy atom. The van der Waals surface area contributed by atoms with E-state index in [-0.39, 0.29) is 11.8 Å². The summed E-state index contributed by atoms with van der Waals surface area (Å²) in [5.74, 6) is 0.638. The van der Waals surface area contributed by atoms with Crippen molar-refractivity contribution in [2.24, 2.45) is 17.0 Å². The lowest BCUT2D eigenvalue weighted by Gasteiger charge is -2.47. The maximum absolute atomic E-state index is 12.0. The van der Waals surface area contributed by atoms with Gasteiger partial charge in [0.15, 0.2) is 0 Å². The van der Waals surface area contributed by atoms with Gasteiger partial charge in [-0.25, -0.2) is 5.14 Å². The minimum absolute atomic E-state index is 0.0511. The number of fused-ring (bicyclic) bond motifs is 1. The average molecular weight is 487 g/mol. The Bertz CT molecular complexity index is 1100. The zero-order valence-corrected chi connectivity index (χ0v) is 21.3. The number of aliphatic hydroxyl groups excluding tert-OH is 1. The summed E-state index contributed by atoms with van der Waals surface area (Å²) in [6.45, 7) is 8.60. The fraction of sp³-hybridized carbons (Fsp3) is 0.577. The van der Waals surface area contributed by atoms with Crippen molar-refractivity contribution in [3.8, 4) is 0 Å². The van der Waals surface area contributed by atoms with Crippen LogP contribution in [0.2, 0.25) is 0 Å². The van der Waals surface area contributed by atoms with Crippen LogP contribution in [-0.2, 0) is 16.6 Å². The van der Waals surface area contributed by atoms with Crippen molar-refractivity contribution >= 4 is 10.2 Å². The van der Waals surface area contributed by atoms with E-state index in [0.717, 1.165) is 50.2 Å². The summed E-state index contributed by atoms with van der Waals surface area (Å²) in [4.78, 5) is 6.88. The Morgan fingerprint density at radius 1 is 1.21 bits per heavy atom. The van der Waals surface area contributed by atoms with Crippen molar-refractivity contribution in [2.45, 2.75) is 64.0 Å². The molecule has 1 fully saturated rings. The Morgan fingerprint density at radius 2 is 1.97 bits per heavy atom. The molecule has 1 aromatic carbocycles. The molecule has 0 amide bonds. The van der Waals surface area contributed by atoms with E-state index in [1.54, 1.807) is 6.20 Å². The first-order valence-electron chi connectivity index (χ1n) is 12.2. The van der Waals surface area contributed by atoms with Crippen molar-refractivity contribution in [1.82, 2.24) is 14.6 Å². The van der Waals surface area contributed by atoms with Gasteiger partial charge in [-0.15, -0.1) is 0 Å². The second-order valence-electron chi connectivity index (χ2n) is 10.7. The summed E-state index contributed by atoms with van der Waals surface area (Å²) in [6, 6.07) is 12.4. The van der Waals surface area contributed by atoms with Gasteiger partial charge in [0.2, 0.25) is 0 Å². The highest BCUT2D eigenvalue weighted by Crippen LogP contribution is 2.41. The van der Waals surface area contributed by atoms with Crippen LogP contribution in [0, 0.1) is 18.8 Å². The van der Waals surface area contributed by atoms with Crippen molar-refractivity contribution in [2.75, 3.05) is 19.6 Å². The van der Waals surface area contributed by atoms with E-state index < -0.39 is 21.9 Å². The first-order chi connectivity index (χ1) is 16.0. The first kappa shape index (κ1) is 25.3. The van der Waals surface area contributed by atoms with Gasteiger partial charge >= 0.3 is 0 Å². The van der Waals surface area contributed by atoms with Gasteiger partial charge in [0.05, 0.1) is 11.8 Å². The molecule has 2 aromatic rings. The number of nitrogens with two attached hydrogens (primary N) is 1. The molecule has 0 radical (unpaired) electrons. The van der Waals surface area contributed by atoms with Crippen LogP contribution in [0.3, 0.4) is 0 Å². The highest BCUT2D eigenvalue weighted by atomic mass is 32.2. The topological polar surface area (TPSA) is 109 Å². The maximum atomic E-state index is 12.0. The molecule has 4 atom stereocenters. The number of nitrogens with one attached hydrogen (secondary N) is 1. The molecule has 34 heavy (non-hydrogen) atoms. The molecule has 1 aliphatic carbocycles. The van der Waals surface area contributed by atoms with E-state index in [1.165, 1.54) is 11.1 Å². The van der Waals surface area contributed by atoms with Crippen molar-refractivity contribution in [1.29, 1.82) is 0 Å². The summed E-state index contributed by atoms with van der Waals surface area (Å²) >= 11 is 0. The van der Waals surface area contributed by atoms with E-state index in [9.17, 15) is 13.5 Å². The number of aliphatic hydroxyl groups is 1. The summed E-state index contributed by atoms with van der Waals surface area (Å²) in [6.07, 6.45) is 4.80. The van der Waals surface area contributed by atoms with Crippen LogP contribution in [0.25, 0.3) is 0 Å². The van der Waals surface area contributed by atoms with E-state index in [2.05, 4.69) is 45.8 Å². The van der Waals surface area contributed by atoms with Gasteiger partial charge in [-0.1, -0.05) is 30.3 Å². The number of nitrogens with zero attached hydrogens (tertiary/aromatic N) is 2. The number of hydrogen-bond acceptors (Lipinski definition) is 5. The molecule has 4 rings (SSSR count). The molecule has 0 bridgehead atoms. The van der Waals surface area contributed by atoms with Crippen LogP contribution in [-0.4, -0.2) is 48.6 Å². The van der Waals surface area contributed by atoms with Gasteiger partial charge in [0.1, 0.15) is 0 Å². The molecule has 2 unspecified atom stereocenters. The normalized spacial score (nSPS) is 26.6. The number of pyridine rings is 1. The predicted molar refractivity (Wildman–Crippen MR) is 134 cm³/mol. The van der Waals surface area contributed by atoms with Crippen molar-refractivity contribution < 1.29 is 13.5 Å². The van der Waals surface area contributed by atoms with Crippen molar-refractivity contribution in [3.63, 3.8) is 0 Å². The number of hydrogen-bond donors (Lipinski definition) is 3. The lowest BCUT2D eigenvalue weighted by molar-refractivity contribution is 0.0730. The third kappa shape index (κ3) is 5.86. The maximum Gasteiger partial charge on any atom is 0.274 e. The molecular weight excluding hydrogens is 448 g/mol. The highest BCUT2D eigenvalue weighted by Gasteiger charge is 2.42. The zero-order valence-electron chi connectivity index (χ0n) is 20.4. The minimum Gasteiger partial charge on any atom is -0.387 e. The fourth-order valence-corrected chi connectivity index (χ4v) is 7.02. The molecule has 1 aromatic heterocycles. The first-order valence-corrected chi connectivity index (χ1v) is 13.8. The van der Waals surface area contributed by atoms with Crippen molar-refractivity contribution in [3.05, 3.63) is 65.0 Å². The fourth-order valence-electron chi connectivity index (χ4n) is 6.13. The monoisotopic (exact) mass is 486 g/mol. The summed E-state index contributed by atoms with van der Waals surface area (Å²) in [7, 11) is -3.84. The zero-order chi connectivity index (χ0) is 24.5. The largest absolute Gasteiger partial charge is 0.387 e. The molecule has 7 nitrogen and oxygen atoms in total. The molecule has 186 valence electrons. The van der Waals surface area contributed by atoms with Crippen LogP contribution in [0.4, 0.5) is 0 Å². The number of likely N-dealkylation sites (tertiary alicyclic amines) is 1. The number of aryl methyl sites for hydroxylation is 2. The van der Waals surface area contributed by atoms with Gasteiger partial charge in [0, 0.05) is 24.8 Å². The molecule has 8 heteroatoms. The van der Waals surface area contributed by atoms with Crippen LogP contribution in [0.5, 0.6) is 0 Å². The SMILES string of the molecule is Cc1ccccc1C1CCN(C[C@@H]2CCc3cccnc3[C@@H](O)C2)CC1C(C)(C)NS(N)(=O)=O. The summed E-state index contributed by atoms with van der Waals surface area (Å²) in [5, 5.41) is 16.2. The Balaban J connectivity index is 1.53. The van der Waals surface area contributed by atoms with E-state index in [1.807, 2.05) is 26.0 Å². The Kier molecular flexibility index (Phi) is 7.45. The third-order valence-corrected chi connectivity index (χ3v) is 8.56. The minimum atomic E-state index is -3.84. The van der Waals surface area contributed by atoms with E-state index in [0.29, 0.717) is 12.3 Å². The molecular formula is C26H38N4O3S. The van der Waals surface area contributed by atoms with Crippen LogP contribution in [0.15, 0.2) is 42.6 Å². The lowest BCUT2D eigenvalue weighted by atomic mass is 9.70.